The highest BCUT2D eigenvalue weighted by molar-refractivity contribution is 6.31. The lowest BCUT2D eigenvalue weighted by molar-refractivity contribution is 0.0914. The maximum absolute atomic E-state index is 12.0. The van der Waals surface area contributed by atoms with Crippen LogP contribution in [0, 0.1) is 0 Å². The molecule has 0 aliphatic heterocycles. The number of nitrogens with one attached hydrogen (secondary N) is 1. The van der Waals surface area contributed by atoms with Crippen molar-refractivity contribution in [2.75, 3.05) is 0 Å². The van der Waals surface area contributed by atoms with E-state index in [2.05, 4.69) is 20.5 Å². The Labute approximate surface area is 137 Å². The summed E-state index contributed by atoms with van der Waals surface area (Å²) in [4.78, 5) is 16.1. The number of carbonyl (C=O) groups is 1. The van der Waals surface area contributed by atoms with E-state index in [9.17, 15) is 4.79 Å². The summed E-state index contributed by atoms with van der Waals surface area (Å²) >= 11 is 6.08. The number of pyridine rings is 1. The summed E-state index contributed by atoms with van der Waals surface area (Å²) in [7, 11) is 0. The van der Waals surface area contributed by atoms with Gasteiger partial charge in [0, 0.05) is 11.2 Å². The topological polar surface area (TPSA) is 80.9 Å². The summed E-state index contributed by atoms with van der Waals surface area (Å²) in [6, 6.07) is 12.8. The lowest BCUT2D eigenvalue weighted by Gasteiger charge is -2.01. The lowest BCUT2D eigenvalue weighted by atomic mass is 10.1. The van der Waals surface area contributed by atoms with E-state index >= 15 is 0 Å². The van der Waals surface area contributed by atoms with Gasteiger partial charge in [0.25, 0.3) is 0 Å². The summed E-state index contributed by atoms with van der Waals surface area (Å²) in [6.45, 7) is 0.294. The number of aromatic nitrogens is 3. The predicted molar refractivity (Wildman–Crippen MR) is 84.0 cm³/mol. The van der Waals surface area contributed by atoms with Crippen LogP contribution in [-0.4, -0.2) is 21.1 Å². The number of rotatable bonds is 5. The largest absolute Gasteiger partial charge is 0.417 e. The molecule has 0 unspecified atom stereocenters. The SMILES string of the molecule is O=C(NCc1ccccn1)c1nnc(Cc2ccccc2Cl)o1. The van der Waals surface area contributed by atoms with Gasteiger partial charge in [0.05, 0.1) is 18.7 Å². The number of amides is 1. The molecule has 0 bridgehead atoms. The first kappa shape index (κ1) is 15.2. The molecule has 2 aromatic heterocycles. The zero-order valence-electron chi connectivity index (χ0n) is 12.1. The quantitative estimate of drug-likeness (QED) is 0.778. The van der Waals surface area contributed by atoms with Gasteiger partial charge < -0.3 is 9.73 Å². The van der Waals surface area contributed by atoms with Crippen LogP contribution in [0.4, 0.5) is 0 Å². The van der Waals surface area contributed by atoms with E-state index in [0.717, 1.165) is 11.3 Å². The fourth-order valence-corrected chi connectivity index (χ4v) is 2.17. The van der Waals surface area contributed by atoms with Crippen LogP contribution in [0.15, 0.2) is 53.1 Å². The molecule has 0 fully saturated rings. The van der Waals surface area contributed by atoms with Crippen LogP contribution in [0.1, 0.15) is 27.8 Å². The van der Waals surface area contributed by atoms with Gasteiger partial charge in [0.15, 0.2) is 0 Å². The first-order valence-electron chi connectivity index (χ1n) is 6.96. The van der Waals surface area contributed by atoms with Crippen LogP contribution in [0.3, 0.4) is 0 Å². The highest BCUT2D eigenvalue weighted by Gasteiger charge is 2.15. The maximum Gasteiger partial charge on any atom is 0.309 e. The summed E-state index contributed by atoms with van der Waals surface area (Å²) in [5.74, 6) is -0.183. The van der Waals surface area contributed by atoms with Gasteiger partial charge in [-0.25, -0.2) is 0 Å². The average Bonchev–Trinajstić information content (AvgIpc) is 3.04. The van der Waals surface area contributed by atoms with E-state index in [1.54, 1.807) is 12.3 Å². The fourth-order valence-electron chi connectivity index (χ4n) is 1.97. The molecule has 1 amide bonds. The maximum atomic E-state index is 12.0. The minimum absolute atomic E-state index is 0.0806. The van der Waals surface area contributed by atoms with E-state index in [1.807, 2.05) is 36.4 Å². The van der Waals surface area contributed by atoms with E-state index in [0.29, 0.717) is 23.9 Å². The Hall–Kier alpha value is -2.73. The van der Waals surface area contributed by atoms with Gasteiger partial charge in [0.2, 0.25) is 5.89 Å². The van der Waals surface area contributed by atoms with Crippen molar-refractivity contribution < 1.29 is 9.21 Å². The van der Waals surface area contributed by atoms with Crippen LogP contribution in [-0.2, 0) is 13.0 Å². The van der Waals surface area contributed by atoms with Crippen LogP contribution in [0.25, 0.3) is 0 Å². The van der Waals surface area contributed by atoms with Crippen molar-refractivity contribution in [2.24, 2.45) is 0 Å². The highest BCUT2D eigenvalue weighted by Crippen LogP contribution is 2.18. The molecule has 6 nitrogen and oxygen atoms in total. The first-order chi connectivity index (χ1) is 11.2. The fraction of sp³-hybridized carbons (Fsp3) is 0.125. The molecule has 1 aromatic carbocycles. The second kappa shape index (κ2) is 7.02. The molecular weight excluding hydrogens is 316 g/mol. The Morgan fingerprint density at radius 2 is 1.96 bits per heavy atom. The third-order valence-corrected chi connectivity index (χ3v) is 3.49. The number of halogens is 1. The van der Waals surface area contributed by atoms with E-state index in [1.165, 1.54) is 0 Å². The van der Waals surface area contributed by atoms with E-state index < -0.39 is 5.91 Å². The number of hydrogen-bond donors (Lipinski definition) is 1. The smallest absolute Gasteiger partial charge is 0.309 e. The van der Waals surface area contributed by atoms with Gasteiger partial charge in [-0.3, -0.25) is 9.78 Å². The molecule has 0 saturated heterocycles. The number of benzene rings is 1. The van der Waals surface area contributed by atoms with Gasteiger partial charge in [-0.2, -0.15) is 0 Å². The van der Waals surface area contributed by atoms with Gasteiger partial charge in [-0.05, 0) is 23.8 Å². The average molecular weight is 329 g/mol. The molecule has 116 valence electrons. The summed E-state index contributed by atoms with van der Waals surface area (Å²) in [6.07, 6.45) is 2.04. The molecule has 23 heavy (non-hydrogen) atoms. The van der Waals surface area contributed by atoms with Gasteiger partial charge in [0.1, 0.15) is 0 Å². The minimum Gasteiger partial charge on any atom is -0.417 e. The summed E-state index contributed by atoms with van der Waals surface area (Å²) in [5, 5.41) is 10.9. The van der Waals surface area contributed by atoms with Crippen molar-refractivity contribution in [3.63, 3.8) is 0 Å². The van der Waals surface area contributed by atoms with Crippen LogP contribution in [0.5, 0.6) is 0 Å². The normalized spacial score (nSPS) is 10.5. The van der Waals surface area contributed by atoms with Crippen molar-refractivity contribution in [3.05, 3.63) is 76.7 Å². The van der Waals surface area contributed by atoms with E-state index in [-0.39, 0.29) is 5.89 Å². The van der Waals surface area contributed by atoms with Crippen molar-refractivity contribution in [1.82, 2.24) is 20.5 Å². The van der Waals surface area contributed by atoms with Crippen molar-refractivity contribution >= 4 is 17.5 Å². The van der Waals surface area contributed by atoms with Crippen molar-refractivity contribution in [2.45, 2.75) is 13.0 Å². The number of hydrogen-bond acceptors (Lipinski definition) is 5. The molecule has 0 saturated carbocycles. The third-order valence-electron chi connectivity index (χ3n) is 3.12. The number of carbonyl (C=O) groups excluding carboxylic acids is 1. The first-order valence-corrected chi connectivity index (χ1v) is 7.34. The molecule has 0 spiro atoms. The molecule has 0 atom stereocenters. The lowest BCUT2D eigenvalue weighted by Crippen LogP contribution is -2.23. The molecule has 3 rings (SSSR count). The minimum atomic E-state index is -0.437. The van der Waals surface area contributed by atoms with Crippen molar-refractivity contribution in [1.29, 1.82) is 0 Å². The molecule has 0 aliphatic rings. The van der Waals surface area contributed by atoms with Gasteiger partial charge in [-0.1, -0.05) is 35.9 Å². The predicted octanol–water partition coefficient (Wildman–Crippen LogP) is 2.64. The second-order valence-corrected chi connectivity index (χ2v) is 5.18. The van der Waals surface area contributed by atoms with E-state index in [4.69, 9.17) is 16.0 Å². The molecule has 7 heteroatoms. The molecule has 3 aromatic rings. The zero-order chi connectivity index (χ0) is 16.1. The highest BCUT2D eigenvalue weighted by atomic mass is 35.5. The summed E-state index contributed by atoms with van der Waals surface area (Å²) < 4.78 is 5.38. The van der Waals surface area contributed by atoms with Gasteiger partial charge >= 0.3 is 11.8 Å². The number of nitrogens with zero attached hydrogens (tertiary/aromatic N) is 3. The van der Waals surface area contributed by atoms with Gasteiger partial charge in [-0.15, -0.1) is 10.2 Å². The Morgan fingerprint density at radius 1 is 1.13 bits per heavy atom. The molecule has 0 aliphatic carbocycles. The Kier molecular flexibility index (Phi) is 4.63. The van der Waals surface area contributed by atoms with Crippen LogP contribution in [0.2, 0.25) is 5.02 Å². The Morgan fingerprint density at radius 3 is 2.74 bits per heavy atom. The third kappa shape index (κ3) is 3.92. The monoisotopic (exact) mass is 328 g/mol. The Bertz CT molecular complexity index is 805. The Balaban J connectivity index is 1.62. The standard InChI is InChI=1S/C16H13ClN4O2/c17-13-7-2-1-5-11(13)9-14-20-21-16(23-14)15(22)19-10-12-6-3-4-8-18-12/h1-8H,9-10H2,(H,19,22). The summed E-state index contributed by atoms with van der Waals surface area (Å²) in [5.41, 5.74) is 1.61. The zero-order valence-corrected chi connectivity index (χ0v) is 12.8. The van der Waals surface area contributed by atoms with Crippen LogP contribution < -0.4 is 5.32 Å². The molecule has 2 heterocycles. The molecule has 1 N–H and O–H groups in total. The van der Waals surface area contributed by atoms with Crippen molar-refractivity contribution in [3.8, 4) is 0 Å². The van der Waals surface area contributed by atoms with Crippen LogP contribution >= 0.6 is 11.6 Å². The molecular formula is C16H13ClN4O2. The molecule has 0 radical (unpaired) electrons. The second-order valence-electron chi connectivity index (χ2n) is 4.77.